The van der Waals surface area contributed by atoms with Crippen LogP contribution in [0.1, 0.15) is 93.6 Å². The summed E-state index contributed by atoms with van der Waals surface area (Å²) in [4.78, 5) is 53.4. The van der Waals surface area contributed by atoms with Crippen molar-refractivity contribution >= 4 is 23.1 Å². The number of Topliss-reactive ketones (excluding diaryl/α,β-unsaturated/α-hetero) is 4. The van der Waals surface area contributed by atoms with Gasteiger partial charge in [0.05, 0.1) is 16.7 Å². The van der Waals surface area contributed by atoms with Crippen molar-refractivity contribution in [2.45, 2.75) is 43.2 Å². The normalized spacial score (nSPS) is 16.6. The van der Waals surface area contributed by atoms with E-state index < -0.39 is 115 Å². The highest BCUT2D eigenvalue weighted by molar-refractivity contribution is 6.37. The highest BCUT2D eigenvalue weighted by Gasteiger charge is 2.59. The van der Waals surface area contributed by atoms with E-state index in [9.17, 15) is 67.5 Å². The van der Waals surface area contributed by atoms with E-state index in [1.807, 2.05) is 0 Å². The topological polar surface area (TPSA) is 68.3 Å². The van der Waals surface area contributed by atoms with Crippen molar-refractivity contribution in [1.29, 1.82) is 0 Å². The van der Waals surface area contributed by atoms with Gasteiger partial charge in [0.25, 0.3) is 5.92 Å². The van der Waals surface area contributed by atoms with Crippen molar-refractivity contribution in [2.75, 3.05) is 0 Å². The first-order valence-corrected chi connectivity index (χ1v) is 12.3. The molecular weight excluding hydrogens is 621 g/mol. The van der Waals surface area contributed by atoms with Crippen LogP contribution < -0.4 is 0 Å². The van der Waals surface area contributed by atoms with Gasteiger partial charge in [0, 0.05) is 34.7 Å². The standard InChI is InChI=1S/C29H13F11O4/c1-26(30,31)12-6-2-10(3-7-12)14-22(41)16-17(23(14)42)21(29(38,39)40)19-18(20(16)28(35,36)37)24(43)15(25(19)44)11-4-8-13(9-5-11)27(32,33)34/h2-9,14-15H,1H3. The van der Waals surface area contributed by atoms with E-state index in [4.69, 9.17) is 0 Å². The molecule has 0 saturated heterocycles. The Bertz CT molecular complexity index is 1570. The quantitative estimate of drug-likeness (QED) is 0.215. The number of hydrogen-bond donors (Lipinski definition) is 0. The van der Waals surface area contributed by atoms with E-state index in [0.29, 0.717) is 31.2 Å². The largest absolute Gasteiger partial charge is 0.417 e. The molecule has 0 aromatic heterocycles. The van der Waals surface area contributed by atoms with Gasteiger partial charge >= 0.3 is 18.5 Å². The Kier molecular flexibility index (Phi) is 6.72. The molecule has 44 heavy (non-hydrogen) atoms. The number of hydrogen-bond acceptors (Lipinski definition) is 4. The van der Waals surface area contributed by atoms with Crippen molar-refractivity contribution in [2.24, 2.45) is 0 Å². The number of halogens is 11. The molecule has 4 nitrogen and oxygen atoms in total. The molecule has 0 fully saturated rings. The lowest BCUT2D eigenvalue weighted by molar-refractivity contribution is -0.142. The first-order chi connectivity index (χ1) is 20.1. The van der Waals surface area contributed by atoms with Crippen molar-refractivity contribution in [1.82, 2.24) is 0 Å². The van der Waals surface area contributed by atoms with Crippen molar-refractivity contribution in [3.8, 4) is 0 Å². The number of rotatable bonds is 3. The molecule has 0 unspecified atom stereocenters. The van der Waals surface area contributed by atoms with Crippen LogP contribution in [0.15, 0.2) is 48.5 Å². The molecule has 3 aromatic rings. The van der Waals surface area contributed by atoms with Gasteiger partial charge in [-0.2, -0.15) is 39.5 Å². The monoisotopic (exact) mass is 634 g/mol. The Hall–Kier alpha value is -4.43. The summed E-state index contributed by atoms with van der Waals surface area (Å²) in [6, 6.07) is 4.76. The Balaban J connectivity index is 1.77. The average Bonchev–Trinajstić information content (AvgIpc) is 3.29. The van der Waals surface area contributed by atoms with E-state index in [-0.39, 0.29) is 0 Å². The molecule has 0 saturated carbocycles. The van der Waals surface area contributed by atoms with Gasteiger partial charge in [0.15, 0.2) is 23.1 Å². The predicted octanol–water partition coefficient (Wildman–Crippen LogP) is 8.18. The second-order valence-corrected chi connectivity index (χ2v) is 10.2. The van der Waals surface area contributed by atoms with E-state index in [0.717, 1.165) is 24.3 Å². The minimum atomic E-state index is -5.79. The molecule has 0 atom stereocenters. The molecule has 0 N–H and O–H groups in total. The smallest absolute Gasteiger partial charge is 0.293 e. The van der Waals surface area contributed by atoms with Crippen LogP contribution in [0.2, 0.25) is 0 Å². The van der Waals surface area contributed by atoms with E-state index in [1.165, 1.54) is 0 Å². The predicted molar refractivity (Wildman–Crippen MR) is 127 cm³/mol. The maximum Gasteiger partial charge on any atom is 0.417 e. The van der Waals surface area contributed by atoms with E-state index >= 15 is 0 Å². The van der Waals surface area contributed by atoms with Gasteiger partial charge in [-0.1, -0.05) is 36.4 Å². The summed E-state index contributed by atoms with van der Waals surface area (Å²) in [5.41, 5.74) is -15.0. The summed E-state index contributed by atoms with van der Waals surface area (Å²) in [5, 5.41) is 0. The van der Waals surface area contributed by atoms with Crippen LogP contribution in [0, 0.1) is 0 Å². The van der Waals surface area contributed by atoms with Crippen LogP contribution >= 0.6 is 0 Å². The lowest BCUT2D eigenvalue weighted by atomic mass is 9.87. The van der Waals surface area contributed by atoms with Gasteiger partial charge < -0.3 is 0 Å². The summed E-state index contributed by atoms with van der Waals surface area (Å²) in [5.74, 6) is -15.6. The number of fused-ring (bicyclic) bond motifs is 2. The molecule has 15 heteroatoms. The number of carbonyl (C=O) groups excluding carboxylic acids is 4. The van der Waals surface area contributed by atoms with Gasteiger partial charge in [-0.3, -0.25) is 19.2 Å². The molecule has 2 aliphatic rings. The van der Waals surface area contributed by atoms with Gasteiger partial charge in [0.2, 0.25) is 0 Å². The molecule has 2 aliphatic carbocycles. The molecule has 0 aliphatic heterocycles. The van der Waals surface area contributed by atoms with Crippen LogP contribution in [0.4, 0.5) is 48.3 Å². The minimum absolute atomic E-state index is 0.367. The van der Waals surface area contributed by atoms with Crippen molar-refractivity contribution < 1.29 is 67.5 Å². The first-order valence-electron chi connectivity index (χ1n) is 12.3. The van der Waals surface area contributed by atoms with Gasteiger partial charge in [0.1, 0.15) is 11.8 Å². The average molecular weight is 634 g/mol. The molecule has 0 amide bonds. The fraction of sp³-hybridized carbons (Fsp3) is 0.241. The lowest BCUT2D eigenvalue weighted by Crippen LogP contribution is -2.23. The summed E-state index contributed by atoms with van der Waals surface area (Å²) >= 11 is 0. The second-order valence-electron chi connectivity index (χ2n) is 10.2. The third kappa shape index (κ3) is 4.68. The highest BCUT2D eigenvalue weighted by Crippen LogP contribution is 2.53. The summed E-state index contributed by atoms with van der Waals surface area (Å²) in [6.07, 6.45) is -16.5. The molecule has 230 valence electrons. The molecular formula is C29H13F11O4. The Labute approximate surface area is 238 Å². The molecule has 0 heterocycles. The maximum atomic E-state index is 14.5. The van der Waals surface area contributed by atoms with Crippen molar-refractivity contribution in [3.05, 3.63) is 104 Å². The van der Waals surface area contributed by atoms with Gasteiger partial charge in [-0.15, -0.1) is 0 Å². The van der Waals surface area contributed by atoms with Crippen LogP contribution in [0.5, 0.6) is 0 Å². The molecule has 0 radical (unpaired) electrons. The third-order valence-corrected chi connectivity index (χ3v) is 7.42. The summed E-state index contributed by atoms with van der Waals surface area (Å²) in [6.45, 7) is 0.489. The highest BCUT2D eigenvalue weighted by atomic mass is 19.4. The van der Waals surface area contributed by atoms with Crippen LogP contribution in [-0.2, 0) is 24.5 Å². The SMILES string of the molecule is CC(F)(F)c1ccc(C2C(=O)c3c(c(C(F)(F)F)c4c(c3C(F)(F)F)C(=O)C(c3ccc(C(F)(F)F)cc3)C4=O)C2=O)cc1. The lowest BCUT2D eigenvalue weighted by Gasteiger charge is -2.20. The number of carbonyl (C=O) groups is 4. The maximum absolute atomic E-state index is 14.5. The molecule has 0 spiro atoms. The fourth-order valence-electron chi connectivity index (χ4n) is 5.56. The summed E-state index contributed by atoms with van der Waals surface area (Å²) < 4.78 is 153. The van der Waals surface area contributed by atoms with Crippen molar-refractivity contribution in [3.63, 3.8) is 0 Å². The third-order valence-electron chi connectivity index (χ3n) is 7.42. The Morgan fingerprint density at radius 2 is 0.705 bits per heavy atom. The fourth-order valence-corrected chi connectivity index (χ4v) is 5.56. The van der Waals surface area contributed by atoms with Gasteiger partial charge in [-0.05, 0) is 23.3 Å². The van der Waals surface area contributed by atoms with Crippen LogP contribution in [-0.4, -0.2) is 23.1 Å². The van der Waals surface area contributed by atoms with Crippen LogP contribution in [0.3, 0.4) is 0 Å². The van der Waals surface area contributed by atoms with Gasteiger partial charge in [-0.25, -0.2) is 8.78 Å². The zero-order chi connectivity index (χ0) is 32.9. The molecule has 5 rings (SSSR count). The van der Waals surface area contributed by atoms with E-state index in [2.05, 4.69) is 0 Å². The Morgan fingerprint density at radius 1 is 0.432 bits per heavy atom. The first kappa shape index (κ1) is 31.0. The zero-order valence-electron chi connectivity index (χ0n) is 21.6. The number of ketones is 4. The number of benzene rings is 3. The number of alkyl halides is 11. The summed E-state index contributed by atoms with van der Waals surface area (Å²) in [7, 11) is 0. The van der Waals surface area contributed by atoms with Crippen LogP contribution in [0.25, 0.3) is 0 Å². The van der Waals surface area contributed by atoms with E-state index in [1.54, 1.807) is 0 Å². The minimum Gasteiger partial charge on any atom is -0.293 e. The molecule has 3 aromatic carbocycles. The zero-order valence-corrected chi connectivity index (χ0v) is 21.6. The molecule has 0 bridgehead atoms. The Morgan fingerprint density at radius 3 is 0.932 bits per heavy atom. The second kappa shape index (κ2) is 9.53.